The maximum absolute atomic E-state index is 12.7. The van der Waals surface area contributed by atoms with Crippen LogP contribution >= 0.6 is 0 Å². The van der Waals surface area contributed by atoms with Gasteiger partial charge in [0.15, 0.2) is 0 Å². The lowest BCUT2D eigenvalue weighted by Crippen LogP contribution is -2.41. The highest BCUT2D eigenvalue weighted by molar-refractivity contribution is 5.92. The van der Waals surface area contributed by atoms with Crippen molar-refractivity contribution in [2.75, 3.05) is 30.4 Å². The van der Waals surface area contributed by atoms with Crippen molar-refractivity contribution in [3.8, 4) is 17.0 Å². The summed E-state index contributed by atoms with van der Waals surface area (Å²) in [7, 11) is 1.65. The van der Waals surface area contributed by atoms with E-state index in [2.05, 4.69) is 25.2 Å². The van der Waals surface area contributed by atoms with Crippen molar-refractivity contribution in [2.24, 2.45) is 5.92 Å². The summed E-state index contributed by atoms with van der Waals surface area (Å²) in [5, 5.41) is 2.91. The molecule has 3 aromatic rings. The zero-order chi connectivity index (χ0) is 20.1. The molecule has 3 heterocycles. The number of carbonyl (C=O) groups is 1. The topological polar surface area (TPSA) is 80.2 Å². The molecule has 1 saturated heterocycles. The second-order valence-corrected chi connectivity index (χ2v) is 6.98. The average Bonchev–Trinajstić information content (AvgIpc) is 2.80. The van der Waals surface area contributed by atoms with Gasteiger partial charge in [-0.15, -0.1) is 0 Å². The Kier molecular flexibility index (Phi) is 5.65. The smallest absolute Gasteiger partial charge is 0.230 e. The molecule has 7 nitrogen and oxygen atoms in total. The van der Waals surface area contributed by atoms with Crippen molar-refractivity contribution in [2.45, 2.75) is 12.8 Å². The largest absolute Gasteiger partial charge is 0.497 e. The molecule has 1 amide bonds. The van der Waals surface area contributed by atoms with E-state index in [1.165, 1.54) is 0 Å². The van der Waals surface area contributed by atoms with Crippen LogP contribution in [0.25, 0.3) is 11.3 Å². The second-order valence-electron chi connectivity index (χ2n) is 6.98. The second kappa shape index (κ2) is 8.68. The monoisotopic (exact) mass is 389 g/mol. The Morgan fingerprint density at radius 1 is 1.14 bits per heavy atom. The van der Waals surface area contributed by atoms with E-state index in [9.17, 15) is 4.79 Å². The number of nitrogens with zero attached hydrogens (tertiary/aromatic N) is 4. The summed E-state index contributed by atoms with van der Waals surface area (Å²) in [6.45, 7) is 1.49. The van der Waals surface area contributed by atoms with E-state index < -0.39 is 0 Å². The van der Waals surface area contributed by atoms with E-state index in [1.54, 1.807) is 25.7 Å². The van der Waals surface area contributed by atoms with Gasteiger partial charge in [0.1, 0.15) is 23.7 Å². The maximum atomic E-state index is 12.7. The molecule has 0 radical (unpaired) electrons. The average molecular weight is 389 g/mol. The van der Waals surface area contributed by atoms with Gasteiger partial charge in [0.05, 0.1) is 18.7 Å². The molecule has 0 bridgehead atoms. The quantitative estimate of drug-likeness (QED) is 0.720. The third-order valence-corrected chi connectivity index (χ3v) is 5.07. The number of hydrogen-bond acceptors (Lipinski definition) is 6. The molecule has 1 aliphatic rings. The number of nitrogens with one attached hydrogen (secondary N) is 1. The van der Waals surface area contributed by atoms with Crippen LogP contribution in [-0.2, 0) is 4.79 Å². The van der Waals surface area contributed by atoms with Crippen molar-refractivity contribution in [1.82, 2.24) is 15.0 Å². The maximum Gasteiger partial charge on any atom is 0.230 e. The van der Waals surface area contributed by atoms with Crippen molar-refractivity contribution < 1.29 is 9.53 Å². The Morgan fingerprint density at radius 2 is 2.00 bits per heavy atom. The Balaban J connectivity index is 1.47. The van der Waals surface area contributed by atoms with Crippen LogP contribution in [0.3, 0.4) is 0 Å². The number of aromatic nitrogens is 3. The third-order valence-electron chi connectivity index (χ3n) is 5.07. The molecule has 0 saturated carbocycles. The van der Waals surface area contributed by atoms with Crippen LogP contribution in [0.5, 0.6) is 5.75 Å². The number of ether oxygens (including phenoxy) is 1. The predicted octanol–water partition coefficient (Wildman–Crippen LogP) is 3.40. The zero-order valence-electron chi connectivity index (χ0n) is 16.3. The standard InChI is InChI=1S/C22H23N5O2/c1-29-18-9-7-16(8-10-18)19-13-21(25-15-24-19)27-12-4-5-17(14-27)22(28)26-20-6-2-3-11-23-20/h2-3,6-11,13,15,17H,4-5,12,14H2,1H3,(H,23,26,28). The molecule has 0 aliphatic carbocycles. The minimum Gasteiger partial charge on any atom is -0.497 e. The van der Waals surface area contributed by atoms with E-state index in [0.29, 0.717) is 12.4 Å². The number of piperidine rings is 1. The van der Waals surface area contributed by atoms with Crippen LogP contribution in [0.15, 0.2) is 61.1 Å². The number of rotatable bonds is 5. The highest BCUT2D eigenvalue weighted by atomic mass is 16.5. The molecule has 1 N–H and O–H groups in total. The van der Waals surface area contributed by atoms with Gasteiger partial charge in [-0.05, 0) is 49.2 Å². The fourth-order valence-electron chi connectivity index (χ4n) is 3.50. The Labute approximate surface area is 169 Å². The molecule has 1 aliphatic heterocycles. The van der Waals surface area contributed by atoms with Gasteiger partial charge in [0.2, 0.25) is 5.91 Å². The predicted molar refractivity (Wildman–Crippen MR) is 112 cm³/mol. The van der Waals surface area contributed by atoms with Gasteiger partial charge >= 0.3 is 0 Å². The zero-order valence-corrected chi connectivity index (χ0v) is 16.3. The fourth-order valence-corrected chi connectivity index (χ4v) is 3.50. The Hall–Kier alpha value is -3.48. The molecule has 0 spiro atoms. The van der Waals surface area contributed by atoms with Crippen LogP contribution in [0, 0.1) is 5.92 Å². The SMILES string of the molecule is COc1ccc(-c2cc(N3CCCC(C(=O)Nc4ccccn4)C3)ncn2)cc1. The number of hydrogen-bond donors (Lipinski definition) is 1. The van der Waals surface area contributed by atoms with Gasteiger partial charge in [-0.3, -0.25) is 4.79 Å². The van der Waals surface area contributed by atoms with Crippen LogP contribution in [-0.4, -0.2) is 41.1 Å². The molecule has 4 rings (SSSR count). The first-order valence-electron chi connectivity index (χ1n) is 9.66. The van der Waals surface area contributed by atoms with Crippen molar-refractivity contribution in [3.05, 3.63) is 61.1 Å². The lowest BCUT2D eigenvalue weighted by atomic mass is 9.97. The van der Waals surface area contributed by atoms with Gasteiger partial charge in [0.25, 0.3) is 0 Å². The highest BCUT2D eigenvalue weighted by Gasteiger charge is 2.27. The number of carbonyl (C=O) groups excluding carboxylic acids is 1. The number of pyridine rings is 1. The van der Waals surface area contributed by atoms with Crippen LogP contribution < -0.4 is 15.0 Å². The lowest BCUT2D eigenvalue weighted by Gasteiger charge is -2.32. The molecular formula is C22H23N5O2. The molecule has 1 aromatic carbocycles. The minimum absolute atomic E-state index is 0.00201. The molecule has 7 heteroatoms. The Morgan fingerprint density at radius 3 is 2.76 bits per heavy atom. The lowest BCUT2D eigenvalue weighted by molar-refractivity contribution is -0.120. The first kappa shape index (κ1) is 18.9. The number of methoxy groups -OCH3 is 1. The van der Waals surface area contributed by atoms with Crippen molar-refractivity contribution in [1.29, 1.82) is 0 Å². The molecule has 1 atom stereocenters. The van der Waals surface area contributed by atoms with Crippen LogP contribution in [0.1, 0.15) is 12.8 Å². The molecule has 1 fully saturated rings. The molecular weight excluding hydrogens is 366 g/mol. The molecule has 2 aromatic heterocycles. The number of amides is 1. The number of benzene rings is 1. The van der Waals surface area contributed by atoms with Crippen LogP contribution in [0.2, 0.25) is 0 Å². The van der Waals surface area contributed by atoms with Gasteiger partial charge in [-0.25, -0.2) is 15.0 Å². The van der Waals surface area contributed by atoms with Gasteiger partial charge in [-0.2, -0.15) is 0 Å². The minimum atomic E-state index is -0.106. The molecule has 29 heavy (non-hydrogen) atoms. The summed E-state index contributed by atoms with van der Waals surface area (Å²) in [6.07, 6.45) is 5.03. The summed E-state index contributed by atoms with van der Waals surface area (Å²) in [5.74, 6) is 2.11. The van der Waals surface area contributed by atoms with E-state index in [4.69, 9.17) is 4.74 Å². The van der Waals surface area contributed by atoms with Crippen molar-refractivity contribution >= 4 is 17.5 Å². The van der Waals surface area contributed by atoms with E-state index in [1.807, 2.05) is 42.5 Å². The van der Waals surface area contributed by atoms with Gasteiger partial charge in [-0.1, -0.05) is 6.07 Å². The van der Waals surface area contributed by atoms with E-state index >= 15 is 0 Å². The molecule has 1 unspecified atom stereocenters. The third kappa shape index (κ3) is 4.51. The number of anilines is 2. The highest BCUT2D eigenvalue weighted by Crippen LogP contribution is 2.26. The molecule has 148 valence electrons. The summed E-state index contributed by atoms with van der Waals surface area (Å²) >= 11 is 0. The van der Waals surface area contributed by atoms with Gasteiger partial charge in [0, 0.05) is 30.9 Å². The first-order chi connectivity index (χ1) is 14.2. The normalized spacial score (nSPS) is 16.3. The first-order valence-corrected chi connectivity index (χ1v) is 9.66. The summed E-state index contributed by atoms with van der Waals surface area (Å²) in [4.78, 5) is 27.8. The summed E-state index contributed by atoms with van der Waals surface area (Å²) < 4.78 is 5.22. The van der Waals surface area contributed by atoms with Gasteiger partial charge < -0.3 is 15.0 Å². The Bertz CT molecular complexity index is 962. The summed E-state index contributed by atoms with van der Waals surface area (Å²) in [6, 6.07) is 15.2. The van der Waals surface area contributed by atoms with Crippen LogP contribution in [0.4, 0.5) is 11.6 Å². The fraction of sp³-hybridized carbons (Fsp3) is 0.273. The van der Waals surface area contributed by atoms with E-state index in [0.717, 1.165) is 42.2 Å². The van der Waals surface area contributed by atoms with Crippen molar-refractivity contribution in [3.63, 3.8) is 0 Å². The van der Waals surface area contributed by atoms with E-state index in [-0.39, 0.29) is 11.8 Å². The summed E-state index contributed by atoms with van der Waals surface area (Å²) in [5.41, 5.74) is 1.84.